The van der Waals surface area contributed by atoms with Crippen molar-refractivity contribution in [1.82, 2.24) is 0 Å². The summed E-state index contributed by atoms with van der Waals surface area (Å²) in [5.74, 6) is -0.0911. The van der Waals surface area contributed by atoms with Crippen LogP contribution in [-0.4, -0.2) is 18.2 Å². The molecular formula is C12H14O3. The molecule has 80 valence electrons. The topological polar surface area (TPSA) is 46.5 Å². The molecule has 15 heavy (non-hydrogen) atoms. The number of aryl methyl sites for hydroxylation is 1. The summed E-state index contributed by atoms with van der Waals surface area (Å²) in [7, 11) is 1.59. The van der Waals surface area contributed by atoms with Crippen molar-refractivity contribution in [2.24, 2.45) is 0 Å². The van der Waals surface area contributed by atoms with E-state index in [1.165, 1.54) is 11.1 Å². The Balaban J connectivity index is 2.47. The molecule has 0 amide bonds. The van der Waals surface area contributed by atoms with E-state index in [0.717, 1.165) is 24.8 Å². The molecule has 0 heterocycles. The number of carboxylic acid groups (broad SMARTS) is 1. The highest BCUT2D eigenvalue weighted by atomic mass is 16.5. The maximum atomic E-state index is 10.8. The first-order valence-corrected chi connectivity index (χ1v) is 5.12. The molecule has 1 aromatic carbocycles. The van der Waals surface area contributed by atoms with Crippen molar-refractivity contribution in [2.45, 2.75) is 25.7 Å². The van der Waals surface area contributed by atoms with E-state index >= 15 is 0 Å². The number of carbonyl (C=O) groups is 1. The average Bonchev–Trinajstić information content (AvgIpc) is 2.65. The largest absolute Gasteiger partial charge is 0.496 e. The van der Waals surface area contributed by atoms with Gasteiger partial charge in [-0.3, -0.25) is 4.79 Å². The summed E-state index contributed by atoms with van der Waals surface area (Å²) in [6, 6.07) is 3.93. The molecule has 0 bridgehead atoms. The average molecular weight is 206 g/mol. The molecule has 1 N–H and O–H groups in total. The SMILES string of the molecule is COc1ccc2c(c1CC(=O)O)CCC2. The van der Waals surface area contributed by atoms with Crippen molar-refractivity contribution >= 4 is 5.97 Å². The molecule has 0 aromatic heterocycles. The number of benzene rings is 1. The molecule has 0 fully saturated rings. The van der Waals surface area contributed by atoms with E-state index in [0.29, 0.717) is 5.75 Å². The molecule has 3 heteroatoms. The monoisotopic (exact) mass is 206 g/mol. The molecule has 1 aliphatic rings. The molecule has 3 nitrogen and oxygen atoms in total. The Bertz CT molecular complexity index is 396. The fourth-order valence-corrected chi connectivity index (χ4v) is 2.26. The first-order chi connectivity index (χ1) is 7.22. The lowest BCUT2D eigenvalue weighted by molar-refractivity contribution is -0.136. The summed E-state index contributed by atoms with van der Waals surface area (Å²) in [5.41, 5.74) is 3.34. The van der Waals surface area contributed by atoms with Crippen molar-refractivity contribution < 1.29 is 14.6 Å². The number of hydrogen-bond donors (Lipinski definition) is 1. The van der Waals surface area contributed by atoms with Crippen LogP contribution in [0.15, 0.2) is 12.1 Å². The van der Waals surface area contributed by atoms with Gasteiger partial charge in [0.25, 0.3) is 0 Å². The van der Waals surface area contributed by atoms with E-state index in [9.17, 15) is 4.79 Å². The normalized spacial score (nSPS) is 13.7. The number of methoxy groups -OCH3 is 1. The van der Waals surface area contributed by atoms with Gasteiger partial charge in [0.1, 0.15) is 5.75 Å². The van der Waals surface area contributed by atoms with Crippen molar-refractivity contribution in [3.63, 3.8) is 0 Å². The van der Waals surface area contributed by atoms with Gasteiger partial charge in [-0.25, -0.2) is 0 Å². The number of carboxylic acids is 1. The molecule has 0 radical (unpaired) electrons. The predicted molar refractivity (Wildman–Crippen MR) is 56.4 cm³/mol. The van der Waals surface area contributed by atoms with Crippen LogP contribution < -0.4 is 4.74 Å². The first-order valence-electron chi connectivity index (χ1n) is 5.12. The molecule has 0 aliphatic heterocycles. The first kappa shape index (κ1) is 10.0. The zero-order valence-corrected chi connectivity index (χ0v) is 8.75. The summed E-state index contributed by atoms with van der Waals surface area (Å²) in [6.07, 6.45) is 3.22. The molecule has 0 saturated heterocycles. The zero-order valence-electron chi connectivity index (χ0n) is 8.75. The summed E-state index contributed by atoms with van der Waals surface area (Å²) in [5, 5.41) is 8.86. The Morgan fingerprint density at radius 2 is 2.27 bits per heavy atom. The van der Waals surface area contributed by atoms with E-state index in [1.54, 1.807) is 7.11 Å². The van der Waals surface area contributed by atoms with Crippen molar-refractivity contribution in [3.8, 4) is 5.75 Å². The number of fused-ring (bicyclic) bond motifs is 1. The number of ether oxygens (including phenoxy) is 1. The number of hydrogen-bond acceptors (Lipinski definition) is 2. The molecule has 0 atom stereocenters. The van der Waals surface area contributed by atoms with E-state index in [2.05, 4.69) is 0 Å². The van der Waals surface area contributed by atoms with Gasteiger partial charge in [-0.2, -0.15) is 0 Å². The van der Waals surface area contributed by atoms with Gasteiger partial charge in [-0.1, -0.05) is 6.07 Å². The van der Waals surface area contributed by atoms with E-state index < -0.39 is 5.97 Å². The lowest BCUT2D eigenvalue weighted by Gasteiger charge is -2.11. The Hall–Kier alpha value is -1.51. The van der Waals surface area contributed by atoms with Crippen molar-refractivity contribution in [2.75, 3.05) is 7.11 Å². The fraction of sp³-hybridized carbons (Fsp3) is 0.417. The Labute approximate surface area is 88.7 Å². The number of aliphatic carboxylic acids is 1. The second-order valence-corrected chi connectivity index (χ2v) is 3.81. The third kappa shape index (κ3) is 1.82. The Kier molecular flexibility index (Phi) is 2.62. The van der Waals surface area contributed by atoms with Crippen LogP contribution in [0.25, 0.3) is 0 Å². The smallest absolute Gasteiger partial charge is 0.307 e. The molecule has 0 spiro atoms. The summed E-state index contributed by atoms with van der Waals surface area (Å²) in [4.78, 5) is 10.8. The molecule has 1 aromatic rings. The van der Waals surface area contributed by atoms with Crippen LogP contribution in [0.3, 0.4) is 0 Å². The van der Waals surface area contributed by atoms with Gasteiger partial charge >= 0.3 is 5.97 Å². The highest BCUT2D eigenvalue weighted by Gasteiger charge is 2.19. The zero-order chi connectivity index (χ0) is 10.8. The Morgan fingerprint density at radius 3 is 2.93 bits per heavy atom. The van der Waals surface area contributed by atoms with Crippen LogP contribution in [-0.2, 0) is 24.1 Å². The van der Waals surface area contributed by atoms with Gasteiger partial charge < -0.3 is 9.84 Å². The lowest BCUT2D eigenvalue weighted by Crippen LogP contribution is -2.05. The minimum atomic E-state index is -0.798. The van der Waals surface area contributed by atoms with Crippen molar-refractivity contribution in [1.29, 1.82) is 0 Å². The van der Waals surface area contributed by atoms with Crippen LogP contribution in [0.4, 0.5) is 0 Å². The van der Waals surface area contributed by atoms with Crippen LogP contribution in [0.5, 0.6) is 5.75 Å². The highest BCUT2D eigenvalue weighted by molar-refractivity contribution is 5.72. The van der Waals surface area contributed by atoms with Crippen LogP contribution in [0, 0.1) is 0 Å². The lowest BCUT2D eigenvalue weighted by atomic mass is 10.00. The standard InChI is InChI=1S/C12H14O3/c1-15-11-6-5-8-3-2-4-9(8)10(11)7-12(13)14/h5-6H,2-4,7H2,1H3,(H,13,14). The van der Waals surface area contributed by atoms with Gasteiger partial charge in [-0.15, -0.1) is 0 Å². The van der Waals surface area contributed by atoms with E-state index in [4.69, 9.17) is 9.84 Å². The third-order valence-corrected chi connectivity index (χ3v) is 2.91. The maximum absolute atomic E-state index is 10.8. The minimum absolute atomic E-state index is 0.0619. The fourth-order valence-electron chi connectivity index (χ4n) is 2.26. The maximum Gasteiger partial charge on any atom is 0.307 e. The van der Waals surface area contributed by atoms with Gasteiger partial charge in [0.2, 0.25) is 0 Å². The molecule has 0 unspecified atom stereocenters. The Morgan fingerprint density at radius 1 is 1.47 bits per heavy atom. The summed E-state index contributed by atoms with van der Waals surface area (Å²) in [6.45, 7) is 0. The molecule has 1 aliphatic carbocycles. The van der Waals surface area contributed by atoms with E-state index in [-0.39, 0.29) is 6.42 Å². The molecule has 2 rings (SSSR count). The second-order valence-electron chi connectivity index (χ2n) is 3.81. The number of rotatable bonds is 3. The second kappa shape index (κ2) is 3.93. The molecule has 0 saturated carbocycles. The van der Waals surface area contributed by atoms with Crippen LogP contribution in [0.2, 0.25) is 0 Å². The van der Waals surface area contributed by atoms with Crippen LogP contribution >= 0.6 is 0 Å². The summed E-state index contributed by atoms with van der Waals surface area (Å²) < 4.78 is 5.21. The van der Waals surface area contributed by atoms with E-state index in [1.807, 2.05) is 12.1 Å². The quantitative estimate of drug-likeness (QED) is 0.820. The van der Waals surface area contributed by atoms with Gasteiger partial charge in [0.05, 0.1) is 13.5 Å². The highest BCUT2D eigenvalue weighted by Crippen LogP contribution is 2.32. The van der Waals surface area contributed by atoms with Crippen LogP contribution in [0.1, 0.15) is 23.1 Å². The molecular weight excluding hydrogens is 192 g/mol. The van der Waals surface area contributed by atoms with Gasteiger partial charge in [-0.05, 0) is 36.5 Å². The van der Waals surface area contributed by atoms with Gasteiger partial charge in [0.15, 0.2) is 0 Å². The minimum Gasteiger partial charge on any atom is -0.496 e. The van der Waals surface area contributed by atoms with Crippen molar-refractivity contribution in [3.05, 3.63) is 28.8 Å². The third-order valence-electron chi connectivity index (χ3n) is 2.91. The predicted octanol–water partition coefficient (Wildman–Crippen LogP) is 1.81. The van der Waals surface area contributed by atoms with Gasteiger partial charge in [0, 0.05) is 5.56 Å². The summed E-state index contributed by atoms with van der Waals surface area (Å²) >= 11 is 0.